The maximum atomic E-state index is 13.7. The van der Waals surface area contributed by atoms with Crippen molar-refractivity contribution >= 4 is 29.3 Å². The number of aryl methyl sites for hydroxylation is 1. The molecule has 1 heterocycles. The minimum absolute atomic E-state index is 0.143. The monoisotopic (exact) mass is 652 g/mol. The van der Waals surface area contributed by atoms with E-state index in [2.05, 4.69) is 36.6 Å². The fourth-order valence-corrected chi connectivity index (χ4v) is 5.95. The van der Waals surface area contributed by atoms with E-state index in [9.17, 15) is 14.4 Å². The molecule has 0 bridgehead atoms. The zero-order valence-corrected chi connectivity index (χ0v) is 27.9. The Kier molecular flexibility index (Phi) is 10.7. The molecule has 12 nitrogen and oxygen atoms in total. The molecule has 1 aliphatic carbocycles. The van der Waals surface area contributed by atoms with E-state index in [1.807, 2.05) is 70.2 Å². The van der Waals surface area contributed by atoms with E-state index < -0.39 is 17.7 Å². The van der Waals surface area contributed by atoms with Crippen molar-refractivity contribution < 1.29 is 19.1 Å². The Bertz CT molecular complexity index is 1690. The van der Waals surface area contributed by atoms with Crippen LogP contribution < -0.4 is 21.7 Å². The van der Waals surface area contributed by atoms with Crippen LogP contribution in [-0.2, 0) is 20.7 Å². The molecule has 12 heteroatoms. The fraction of sp³-hybridized carbons (Fsp3) is 0.389. The summed E-state index contributed by atoms with van der Waals surface area (Å²) in [5.41, 5.74) is 11.5. The van der Waals surface area contributed by atoms with Gasteiger partial charge in [0, 0.05) is 35.8 Å². The molecule has 6 N–H and O–H groups in total. The quantitative estimate of drug-likeness (QED) is 0.141. The first-order valence-corrected chi connectivity index (χ1v) is 16.3. The van der Waals surface area contributed by atoms with Crippen molar-refractivity contribution in [2.75, 3.05) is 17.6 Å². The average Bonchev–Trinajstić information content (AvgIpc) is 3.59. The number of nitrogens with one attached hydrogen (secondary N) is 4. The number of carbonyl (C=O) groups excluding carboxylic acids is 3. The third kappa shape index (κ3) is 9.40. The van der Waals surface area contributed by atoms with Gasteiger partial charge in [0.2, 0.25) is 17.6 Å². The summed E-state index contributed by atoms with van der Waals surface area (Å²) in [6.45, 7) is 8.01. The summed E-state index contributed by atoms with van der Waals surface area (Å²) in [5, 5.41) is 22.9. The topological polar surface area (TPSA) is 177 Å². The van der Waals surface area contributed by atoms with Crippen molar-refractivity contribution in [1.82, 2.24) is 31.3 Å². The maximum absolute atomic E-state index is 13.7. The van der Waals surface area contributed by atoms with E-state index in [0.29, 0.717) is 43.0 Å². The van der Waals surface area contributed by atoms with Gasteiger partial charge in [0.25, 0.3) is 0 Å². The lowest BCUT2D eigenvalue weighted by atomic mass is 9.81. The molecule has 0 spiro atoms. The van der Waals surface area contributed by atoms with E-state index in [1.165, 1.54) is 0 Å². The van der Waals surface area contributed by atoms with Gasteiger partial charge in [0.05, 0.1) is 0 Å². The number of aromatic amines is 1. The molecule has 1 aromatic heterocycles. The summed E-state index contributed by atoms with van der Waals surface area (Å²) in [5.74, 6) is 0.0353. The Labute approximate surface area is 280 Å². The zero-order chi connectivity index (χ0) is 34.3. The fourth-order valence-electron chi connectivity index (χ4n) is 5.95. The van der Waals surface area contributed by atoms with Crippen LogP contribution >= 0.6 is 0 Å². The normalized spacial score (nSPS) is 16.8. The van der Waals surface area contributed by atoms with Gasteiger partial charge in [-0.15, -0.1) is 10.2 Å². The van der Waals surface area contributed by atoms with Crippen LogP contribution in [0.4, 0.5) is 16.2 Å². The molecular weight excluding hydrogens is 608 g/mol. The third-order valence-corrected chi connectivity index (χ3v) is 8.50. The molecule has 4 aromatic rings. The van der Waals surface area contributed by atoms with Gasteiger partial charge < -0.3 is 26.4 Å². The van der Waals surface area contributed by atoms with Crippen molar-refractivity contribution in [3.05, 3.63) is 77.9 Å². The molecule has 0 unspecified atom stereocenters. The van der Waals surface area contributed by atoms with Gasteiger partial charge in [0.1, 0.15) is 11.6 Å². The van der Waals surface area contributed by atoms with E-state index in [1.54, 1.807) is 24.3 Å². The van der Waals surface area contributed by atoms with Gasteiger partial charge >= 0.3 is 6.09 Å². The van der Waals surface area contributed by atoms with Crippen LogP contribution in [0.25, 0.3) is 22.5 Å². The van der Waals surface area contributed by atoms with E-state index in [4.69, 9.17) is 10.5 Å². The summed E-state index contributed by atoms with van der Waals surface area (Å²) < 4.78 is 5.34. The Hall–Kier alpha value is -5.26. The summed E-state index contributed by atoms with van der Waals surface area (Å²) in [4.78, 5) is 39.3. The molecule has 1 saturated carbocycles. The standard InChI is InChI=1S/C36H44N8O4/c1-22-19-28(37)15-18-30(22)25-9-5-23(6-10-25)20-31(34(46)39-29-16-13-26(14-17-29)32-41-43-44-42-32)40-33(45)27-11-7-24(8-12-27)21-38-35(47)48-36(2,3)4/h5-6,9-10,13-19,24,27,31H,7-8,11-12,20-21,37H2,1-4H3,(H,38,47)(H,39,46)(H,40,45)(H,41,42,43,44)/t24-,27-,31-/m0/s1. The van der Waals surface area contributed by atoms with Crippen molar-refractivity contribution in [3.8, 4) is 22.5 Å². The highest BCUT2D eigenvalue weighted by Crippen LogP contribution is 2.29. The third-order valence-electron chi connectivity index (χ3n) is 8.50. The van der Waals surface area contributed by atoms with Crippen LogP contribution in [0.3, 0.4) is 0 Å². The van der Waals surface area contributed by atoms with Crippen LogP contribution in [0, 0.1) is 18.8 Å². The summed E-state index contributed by atoms with van der Waals surface area (Å²) in [6, 6.07) is 20.2. The van der Waals surface area contributed by atoms with Crippen molar-refractivity contribution in [3.63, 3.8) is 0 Å². The maximum Gasteiger partial charge on any atom is 0.407 e. The first kappa shape index (κ1) is 34.1. The number of tetrazole rings is 1. The number of ether oxygens (including phenoxy) is 1. The highest BCUT2D eigenvalue weighted by atomic mass is 16.6. The number of nitrogen functional groups attached to an aromatic ring is 1. The number of rotatable bonds is 10. The number of carbonyl (C=O) groups is 3. The van der Waals surface area contributed by atoms with Crippen LogP contribution in [0.2, 0.25) is 0 Å². The average molecular weight is 653 g/mol. The van der Waals surface area contributed by atoms with Crippen LogP contribution in [0.15, 0.2) is 66.7 Å². The number of nitrogens with zero attached hydrogens (tertiary/aromatic N) is 3. The lowest BCUT2D eigenvalue weighted by Gasteiger charge is -2.29. The molecule has 3 aromatic carbocycles. The van der Waals surface area contributed by atoms with Gasteiger partial charge in [-0.05, 0) is 123 Å². The van der Waals surface area contributed by atoms with Gasteiger partial charge in [-0.25, -0.2) is 4.79 Å². The highest BCUT2D eigenvalue weighted by Gasteiger charge is 2.30. The van der Waals surface area contributed by atoms with Gasteiger partial charge in [0.15, 0.2) is 0 Å². The van der Waals surface area contributed by atoms with Crippen LogP contribution in [0.5, 0.6) is 0 Å². The Balaban J connectivity index is 1.24. The second kappa shape index (κ2) is 15.1. The molecule has 0 aliphatic heterocycles. The molecule has 1 atom stereocenters. The van der Waals surface area contributed by atoms with Crippen molar-refractivity contribution in [2.45, 2.75) is 71.4 Å². The van der Waals surface area contributed by atoms with Crippen molar-refractivity contribution in [1.29, 1.82) is 0 Å². The lowest BCUT2D eigenvalue weighted by Crippen LogP contribution is -2.48. The molecule has 0 saturated heterocycles. The number of aromatic nitrogens is 4. The molecule has 1 fully saturated rings. The highest BCUT2D eigenvalue weighted by molar-refractivity contribution is 5.97. The number of hydrogen-bond acceptors (Lipinski definition) is 8. The summed E-state index contributed by atoms with van der Waals surface area (Å²) >= 11 is 0. The van der Waals surface area contributed by atoms with Crippen LogP contribution in [-0.4, -0.2) is 56.7 Å². The first-order valence-electron chi connectivity index (χ1n) is 16.3. The Morgan fingerprint density at radius 3 is 2.27 bits per heavy atom. The molecule has 48 heavy (non-hydrogen) atoms. The number of nitrogens with two attached hydrogens (primary N) is 1. The largest absolute Gasteiger partial charge is 0.444 e. The van der Waals surface area contributed by atoms with Gasteiger partial charge in [-0.3, -0.25) is 9.59 Å². The minimum Gasteiger partial charge on any atom is -0.444 e. The molecule has 3 amide bonds. The van der Waals surface area contributed by atoms with Gasteiger partial charge in [-0.1, -0.05) is 30.3 Å². The molecule has 0 radical (unpaired) electrons. The second-order valence-electron chi connectivity index (χ2n) is 13.4. The summed E-state index contributed by atoms with van der Waals surface area (Å²) in [7, 11) is 0. The predicted octanol–water partition coefficient (Wildman–Crippen LogP) is 5.42. The molecule has 252 valence electrons. The lowest BCUT2D eigenvalue weighted by molar-refractivity contribution is -0.130. The molecular formula is C36H44N8O4. The summed E-state index contributed by atoms with van der Waals surface area (Å²) in [6.07, 6.45) is 2.82. The van der Waals surface area contributed by atoms with Crippen LogP contribution in [0.1, 0.15) is 57.6 Å². The first-order chi connectivity index (χ1) is 22.9. The predicted molar refractivity (Wildman–Crippen MR) is 185 cm³/mol. The Morgan fingerprint density at radius 1 is 0.958 bits per heavy atom. The zero-order valence-electron chi connectivity index (χ0n) is 27.9. The smallest absolute Gasteiger partial charge is 0.407 e. The van der Waals surface area contributed by atoms with E-state index in [-0.39, 0.29) is 23.7 Å². The SMILES string of the molecule is Cc1cc(N)ccc1-c1ccc(C[C@H](NC(=O)[C@H]2CC[C@H](CNC(=O)OC(C)(C)C)CC2)C(=O)Nc2ccc(-c3nn[nH]n3)cc2)cc1. The van der Waals surface area contributed by atoms with E-state index >= 15 is 0 Å². The number of amides is 3. The van der Waals surface area contributed by atoms with E-state index in [0.717, 1.165) is 40.7 Å². The number of hydrogen-bond donors (Lipinski definition) is 5. The number of anilines is 2. The Morgan fingerprint density at radius 2 is 1.65 bits per heavy atom. The number of H-pyrrole nitrogens is 1. The van der Waals surface area contributed by atoms with Crippen molar-refractivity contribution in [2.24, 2.45) is 11.8 Å². The minimum atomic E-state index is -0.801. The molecule has 5 rings (SSSR count). The second-order valence-corrected chi connectivity index (χ2v) is 13.4. The molecule has 1 aliphatic rings. The van der Waals surface area contributed by atoms with Gasteiger partial charge in [-0.2, -0.15) is 5.21 Å². The number of alkyl carbamates (subject to hydrolysis) is 1. The number of benzene rings is 3.